The molecule has 0 fully saturated rings. The maximum absolute atomic E-state index is 12.4. The van der Waals surface area contributed by atoms with Crippen molar-refractivity contribution in [1.29, 1.82) is 0 Å². The maximum atomic E-state index is 12.4. The number of carboxylic acid groups (broad SMARTS) is 1. The molecule has 0 spiro atoms. The van der Waals surface area contributed by atoms with E-state index in [1.54, 1.807) is 48.5 Å². The van der Waals surface area contributed by atoms with Crippen molar-refractivity contribution in [3.63, 3.8) is 0 Å². The lowest BCUT2D eigenvalue weighted by Gasteiger charge is -2.24. The van der Waals surface area contributed by atoms with Crippen LogP contribution in [0.15, 0.2) is 66.7 Å². The first-order valence-electron chi connectivity index (χ1n) is 8.55. The topological polar surface area (TPSA) is 127 Å². The van der Waals surface area contributed by atoms with E-state index in [0.29, 0.717) is 16.5 Å². The standard InChI is InChI=1S/C21H19NO6/c23-15-11-10-12-6-4-5-9-14(12)16(15)17(13-7-2-1-3-8-13)22-20(26)18(24)19(25)21(27)28/h1-11,17-19,23-25H,(H,22,26)(H,27,28)/t17-,18-,19-/m1/s1. The van der Waals surface area contributed by atoms with Crippen molar-refractivity contribution in [2.24, 2.45) is 0 Å². The summed E-state index contributed by atoms with van der Waals surface area (Å²) in [5.41, 5.74) is 1.01. The molecule has 0 aliphatic carbocycles. The van der Waals surface area contributed by atoms with Gasteiger partial charge < -0.3 is 25.7 Å². The molecule has 0 heterocycles. The van der Waals surface area contributed by atoms with E-state index in [0.717, 1.165) is 5.39 Å². The van der Waals surface area contributed by atoms with Gasteiger partial charge in [0.1, 0.15) is 5.75 Å². The van der Waals surface area contributed by atoms with Gasteiger partial charge in [0, 0.05) is 5.56 Å². The van der Waals surface area contributed by atoms with E-state index in [2.05, 4.69) is 5.32 Å². The Bertz CT molecular complexity index is 1000. The first kappa shape index (κ1) is 19.3. The molecular weight excluding hydrogens is 362 g/mol. The highest BCUT2D eigenvalue weighted by Crippen LogP contribution is 2.35. The molecule has 7 heteroatoms. The number of benzene rings is 3. The third kappa shape index (κ3) is 3.80. The average Bonchev–Trinajstić information content (AvgIpc) is 2.71. The second-order valence-corrected chi connectivity index (χ2v) is 6.30. The Kier molecular flexibility index (Phi) is 5.58. The van der Waals surface area contributed by atoms with E-state index < -0.39 is 30.1 Å². The van der Waals surface area contributed by atoms with E-state index in [9.17, 15) is 24.9 Å². The summed E-state index contributed by atoms with van der Waals surface area (Å²) in [5, 5.41) is 42.8. The average molecular weight is 381 g/mol. The fourth-order valence-corrected chi connectivity index (χ4v) is 3.06. The van der Waals surface area contributed by atoms with E-state index in [1.807, 2.05) is 12.1 Å². The number of nitrogens with one attached hydrogen (secondary N) is 1. The molecule has 144 valence electrons. The first-order valence-corrected chi connectivity index (χ1v) is 8.55. The second kappa shape index (κ2) is 8.08. The van der Waals surface area contributed by atoms with Crippen molar-refractivity contribution in [3.05, 3.63) is 77.9 Å². The van der Waals surface area contributed by atoms with Crippen molar-refractivity contribution in [2.45, 2.75) is 18.2 Å². The van der Waals surface area contributed by atoms with Gasteiger partial charge in [0.25, 0.3) is 5.91 Å². The number of aliphatic hydroxyl groups is 2. The highest BCUT2D eigenvalue weighted by molar-refractivity contribution is 5.91. The summed E-state index contributed by atoms with van der Waals surface area (Å²) in [4.78, 5) is 23.3. The molecule has 0 radical (unpaired) electrons. The van der Waals surface area contributed by atoms with Gasteiger partial charge in [0.2, 0.25) is 0 Å². The molecule has 0 aliphatic rings. The number of phenolic OH excluding ortho intramolecular Hbond substituents is 1. The predicted molar refractivity (Wildman–Crippen MR) is 102 cm³/mol. The number of aliphatic hydroxyl groups excluding tert-OH is 2. The summed E-state index contributed by atoms with van der Waals surface area (Å²) < 4.78 is 0. The molecule has 28 heavy (non-hydrogen) atoms. The van der Waals surface area contributed by atoms with Gasteiger partial charge in [-0.2, -0.15) is 0 Å². The van der Waals surface area contributed by atoms with Gasteiger partial charge in [-0.25, -0.2) is 4.79 Å². The van der Waals surface area contributed by atoms with E-state index in [-0.39, 0.29) is 5.75 Å². The van der Waals surface area contributed by atoms with Crippen molar-refractivity contribution in [3.8, 4) is 5.75 Å². The van der Waals surface area contributed by atoms with E-state index >= 15 is 0 Å². The molecule has 5 N–H and O–H groups in total. The third-order valence-corrected chi connectivity index (χ3v) is 4.48. The summed E-state index contributed by atoms with van der Waals surface area (Å²) in [6, 6.07) is 18.4. The highest BCUT2D eigenvalue weighted by Gasteiger charge is 2.32. The summed E-state index contributed by atoms with van der Waals surface area (Å²) in [5.74, 6) is -2.86. The molecule has 0 saturated carbocycles. The summed E-state index contributed by atoms with van der Waals surface area (Å²) in [6.45, 7) is 0. The lowest BCUT2D eigenvalue weighted by molar-refractivity contribution is -0.158. The van der Waals surface area contributed by atoms with Gasteiger partial charge in [-0.3, -0.25) is 4.79 Å². The third-order valence-electron chi connectivity index (χ3n) is 4.48. The van der Waals surface area contributed by atoms with Gasteiger partial charge in [-0.05, 0) is 22.4 Å². The van der Waals surface area contributed by atoms with Gasteiger partial charge in [0.15, 0.2) is 12.2 Å². The van der Waals surface area contributed by atoms with Crippen LogP contribution in [0.5, 0.6) is 5.75 Å². The minimum absolute atomic E-state index is 0.0684. The SMILES string of the molecule is O=C(O)[C@H](O)[C@@H](O)C(=O)N[C@H](c1ccccc1)c1c(O)ccc2ccccc12. The van der Waals surface area contributed by atoms with Crippen molar-refractivity contribution >= 4 is 22.6 Å². The Morgan fingerprint density at radius 1 is 0.821 bits per heavy atom. The van der Waals surface area contributed by atoms with Gasteiger partial charge >= 0.3 is 5.97 Å². The van der Waals surface area contributed by atoms with Crippen molar-refractivity contribution in [2.75, 3.05) is 0 Å². The molecule has 3 aromatic rings. The summed E-state index contributed by atoms with van der Waals surface area (Å²) in [7, 11) is 0. The second-order valence-electron chi connectivity index (χ2n) is 6.30. The number of carboxylic acids is 1. The van der Waals surface area contributed by atoms with Gasteiger partial charge in [-0.15, -0.1) is 0 Å². The van der Waals surface area contributed by atoms with Crippen LogP contribution in [0.4, 0.5) is 0 Å². The largest absolute Gasteiger partial charge is 0.508 e. The minimum atomic E-state index is -2.27. The van der Waals surface area contributed by atoms with Crippen LogP contribution in [0.25, 0.3) is 10.8 Å². The van der Waals surface area contributed by atoms with Gasteiger partial charge in [-0.1, -0.05) is 60.7 Å². The first-order chi connectivity index (χ1) is 13.4. The molecular formula is C21H19NO6. The van der Waals surface area contributed by atoms with Gasteiger partial charge in [0.05, 0.1) is 6.04 Å². The quantitative estimate of drug-likeness (QED) is 0.441. The number of fused-ring (bicyclic) bond motifs is 1. The molecule has 0 saturated heterocycles. The Hall–Kier alpha value is -3.42. The molecule has 3 rings (SSSR count). The Labute approximate surface area is 160 Å². The van der Waals surface area contributed by atoms with E-state index in [1.165, 1.54) is 6.07 Å². The Morgan fingerprint density at radius 3 is 2.14 bits per heavy atom. The number of phenols is 1. The van der Waals surface area contributed by atoms with E-state index in [4.69, 9.17) is 5.11 Å². The molecule has 0 unspecified atom stereocenters. The number of amides is 1. The number of carbonyl (C=O) groups excluding carboxylic acids is 1. The Morgan fingerprint density at radius 2 is 1.46 bits per heavy atom. The summed E-state index contributed by atoms with van der Waals surface area (Å²) in [6.07, 6.45) is -4.43. The molecule has 1 amide bonds. The number of aliphatic carboxylic acids is 1. The minimum Gasteiger partial charge on any atom is -0.508 e. The molecule has 0 aliphatic heterocycles. The fourth-order valence-electron chi connectivity index (χ4n) is 3.06. The van der Waals surface area contributed by atoms with Crippen LogP contribution >= 0.6 is 0 Å². The molecule has 3 aromatic carbocycles. The number of aromatic hydroxyl groups is 1. The number of rotatable bonds is 6. The zero-order valence-corrected chi connectivity index (χ0v) is 14.7. The fraction of sp³-hybridized carbons (Fsp3) is 0.143. The smallest absolute Gasteiger partial charge is 0.335 e. The molecule has 0 aromatic heterocycles. The molecule has 7 nitrogen and oxygen atoms in total. The zero-order chi connectivity index (χ0) is 20.3. The van der Waals surface area contributed by atoms with Crippen LogP contribution in [0.2, 0.25) is 0 Å². The lowest BCUT2D eigenvalue weighted by Crippen LogP contribution is -2.46. The van der Waals surface area contributed by atoms with Crippen LogP contribution < -0.4 is 5.32 Å². The molecule has 3 atom stereocenters. The lowest BCUT2D eigenvalue weighted by atomic mass is 9.92. The van der Waals surface area contributed by atoms with Crippen LogP contribution in [-0.2, 0) is 9.59 Å². The maximum Gasteiger partial charge on any atom is 0.335 e. The van der Waals surface area contributed by atoms with Crippen molar-refractivity contribution < 1.29 is 30.0 Å². The van der Waals surface area contributed by atoms with Crippen LogP contribution in [0, 0.1) is 0 Å². The van der Waals surface area contributed by atoms with Crippen LogP contribution in [0.1, 0.15) is 17.2 Å². The van der Waals surface area contributed by atoms with Crippen LogP contribution in [-0.4, -0.2) is 44.5 Å². The predicted octanol–water partition coefficient (Wildman–Crippen LogP) is 1.56. The molecule has 0 bridgehead atoms. The Balaban J connectivity index is 2.09. The normalized spacial score (nSPS) is 14.2. The number of hydrogen-bond donors (Lipinski definition) is 5. The zero-order valence-electron chi connectivity index (χ0n) is 14.7. The number of carbonyl (C=O) groups is 2. The highest BCUT2D eigenvalue weighted by atomic mass is 16.4. The van der Waals surface area contributed by atoms with Crippen molar-refractivity contribution in [1.82, 2.24) is 5.32 Å². The monoisotopic (exact) mass is 381 g/mol. The summed E-state index contributed by atoms with van der Waals surface area (Å²) >= 11 is 0. The van der Waals surface area contributed by atoms with Crippen LogP contribution in [0.3, 0.4) is 0 Å². The number of hydrogen-bond acceptors (Lipinski definition) is 5.